The first kappa shape index (κ1) is 24.6. The summed E-state index contributed by atoms with van der Waals surface area (Å²) in [6.07, 6.45) is -3.77. The number of urea groups is 1. The third-order valence-corrected chi connectivity index (χ3v) is 5.57. The highest BCUT2D eigenvalue weighted by Gasteiger charge is 2.34. The van der Waals surface area contributed by atoms with Gasteiger partial charge in [0.25, 0.3) is 0 Å². The second kappa shape index (κ2) is 10.3. The second-order valence-corrected chi connectivity index (χ2v) is 8.43. The first-order valence-electron chi connectivity index (χ1n) is 10.5. The summed E-state index contributed by atoms with van der Waals surface area (Å²) in [5, 5.41) is 5.35. The van der Waals surface area contributed by atoms with Crippen molar-refractivity contribution in [2.75, 3.05) is 36.4 Å². The Bertz CT molecular complexity index is 980. The van der Waals surface area contributed by atoms with Crippen molar-refractivity contribution in [1.29, 1.82) is 0 Å². The van der Waals surface area contributed by atoms with Gasteiger partial charge in [0.2, 0.25) is 5.91 Å². The number of nitrogens with one attached hydrogen (secondary N) is 2. The molecule has 33 heavy (non-hydrogen) atoms. The molecule has 11 heteroatoms. The molecular formula is C22H25ClF3N5O2. The number of amides is 3. The van der Waals surface area contributed by atoms with Crippen molar-refractivity contribution in [2.45, 2.75) is 26.1 Å². The highest BCUT2D eigenvalue weighted by Crippen LogP contribution is 2.33. The number of anilines is 2. The molecule has 3 amide bonds. The zero-order chi connectivity index (χ0) is 24.2. The highest BCUT2D eigenvalue weighted by molar-refractivity contribution is 6.33. The van der Waals surface area contributed by atoms with Crippen molar-refractivity contribution in [3.8, 4) is 0 Å². The molecule has 0 aliphatic carbocycles. The average molecular weight is 484 g/mol. The Hall–Kier alpha value is -3.01. The van der Waals surface area contributed by atoms with E-state index in [2.05, 4.69) is 15.6 Å². The van der Waals surface area contributed by atoms with Gasteiger partial charge in [0, 0.05) is 38.1 Å². The molecule has 1 aliphatic rings. The Kier molecular flexibility index (Phi) is 7.68. The van der Waals surface area contributed by atoms with Crippen LogP contribution in [0.25, 0.3) is 0 Å². The normalized spacial score (nSPS) is 15.4. The summed E-state index contributed by atoms with van der Waals surface area (Å²) < 4.78 is 38.5. The maximum atomic E-state index is 13.1. The smallest absolute Gasteiger partial charge is 0.352 e. The van der Waals surface area contributed by atoms with Gasteiger partial charge in [-0.3, -0.25) is 4.79 Å². The van der Waals surface area contributed by atoms with E-state index in [0.29, 0.717) is 31.9 Å². The Morgan fingerprint density at radius 1 is 1.09 bits per heavy atom. The van der Waals surface area contributed by atoms with Gasteiger partial charge in [-0.05, 0) is 24.1 Å². The molecule has 178 valence electrons. The molecule has 0 radical (unpaired) electrons. The topological polar surface area (TPSA) is 77.6 Å². The molecule has 0 bridgehead atoms. The zero-order valence-electron chi connectivity index (χ0n) is 18.2. The van der Waals surface area contributed by atoms with E-state index in [1.807, 2.05) is 19.9 Å². The largest absolute Gasteiger partial charge is 0.417 e. The Morgan fingerprint density at radius 2 is 1.73 bits per heavy atom. The van der Waals surface area contributed by atoms with E-state index in [-0.39, 0.29) is 22.7 Å². The molecule has 1 aromatic carbocycles. The standard InChI is InChI=1S/C22H25ClF3N5O2/c1-14(2)18(29-21(33)28-16-6-4-3-5-7-16)20(32)31-10-8-30(9-11-31)19-17(23)12-15(13-27-19)22(24,25)26/h3-7,12-14,18H,8-11H2,1-2H3,(H2,28,29,33)/t18-/m1/s1. The summed E-state index contributed by atoms with van der Waals surface area (Å²) in [5.74, 6) is -0.125. The van der Waals surface area contributed by atoms with Gasteiger partial charge in [0.15, 0.2) is 0 Å². The van der Waals surface area contributed by atoms with Crippen molar-refractivity contribution < 1.29 is 22.8 Å². The number of carbonyl (C=O) groups excluding carboxylic acids is 2. The van der Waals surface area contributed by atoms with Gasteiger partial charge in [-0.1, -0.05) is 43.6 Å². The van der Waals surface area contributed by atoms with Gasteiger partial charge >= 0.3 is 12.2 Å². The number of carbonyl (C=O) groups is 2. The number of para-hydroxylation sites is 1. The molecule has 2 N–H and O–H groups in total. The third-order valence-electron chi connectivity index (χ3n) is 5.29. The van der Waals surface area contributed by atoms with Crippen molar-refractivity contribution in [2.24, 2.45) is 5.92 Å². The van der Waals surface area contributed by atoms with Crippen LogP contribution < -0.4 is 15.5 Å². The molecule has 1 atom stereocenters. The van der Waals surface area contributed by atoms with E-state index in [1.54, 1.807) is 34.1 Å². The van der Waals surface area contributed by atoms with Crippen LogP contribution in [0, 0.1) is 5.92 Å². The van der Waals surface area contributed by atoms with Crippen molar-refractivity contribution in [3.63, 3.8) is 0 Å². The number of alkyl halides is 3. The van der Waals surface area contributed by atoms with Crippen LogP contribution in [0.15, 0.2) is 42.6 Å². The number of benzene rings is 1. The monoisotopic (exact) mass is 483 g/mol. The summed E-state index contributed by atoms with van der Waals surface area (Å²) in [4.78, 5) is 32.7. The summed E-state index contributed by atoms with van der Waals surface area (Å²) in [6.45, 7) is 5.03. The number of halogens is 4. The predicted molar refractivity (Wildman–Crippen MR) is 120 cm³/mol. The number of hydrogen-bond donors (Lipinski definition) is 2. The van der Waals surface area contributed by atoms with Crippen molar-refractivity contribution in [1.82, 2.24) is 15.2 Å². The molecule has 2 heterocycles. The van der Waals surface area contributed by atoms with Gasteiger partial charge in [-0.15, -0.1) is 0 Å². The molecule has 1 saturated heterocycles. The summed E-state index contributed by atoms with van der Waals surface area (Å²) in [7, 11) is 0. The molecule has 0 spiro atoms. The van der Waals surface area contributed by atoms with Crippen LogP contribution in [0.5, 0.6) is 0 Å². The van der Waals surface area contributed by atoms with Crippen LogP contribution in [0.2, 0.25) is 5.02 Å². The summed E-state index contributed by atoms with van der Waals surface area (Å²) in [6, 6.07) is 8.54. The number of piperazine rings is 1. The fourth-order valence-electron chi connectivity index (χ4n) is 3.50. The second-order valence-electron chi connectivity index (χ2n) is 8.03. The summed E-state index contributed by atoms with van der Waals surface area (Å²) >= 11 is 6.04. The van der Waals surface area contributed by atoms with Crippen LogP contribution >= 0.6 is 11.6 Å². The fraction of sp³-hybridized carbons (Fsp3) is 0.409. The minimum Gasteiger partial charge on any atom is -0.352 e. The van der Waals surface area contributed by atoms with Gasteiger partial charge in [-0.25, -0.2) is 9.78 Å². The molecule has 3 rings (SSSR count). The number of hydrogen-bond acceptors (Lipinski definition) is 4. The number of rotatable bonds is 5. The van der Waals surface area contributed by atoms with Gasteiger partial charge in [-0.2, -0.15) is 13.2 Å². The molecule has 1 fully saturated rings. The number of aromatic nitrogens is 1. The first-order chi connectivity index (χ1) is 15.6. The molecule has 0 saturated carbocycles. The van der Waals surface area contributed by atoms with Crippen molar-refractivity contribution >= 4 is 35.0 Å². The van der Waals surface area contributed by atoms with E-state index >= 15 is 0 Å². The Balaban J connectivity index is 1.60. The first-order valence-corrected chi connectivity index (χ1v) is 10.8. The Morgan fingerprint density at radius 3 is 2.27 bits per heavy atom. The third kappa shape index (κ3) is 6.28. The van der Waals surface area contributed by atoms with E-state index in [1.165, 1.54) is 0 Å². The van der Waals surface area contributed by atoms with E-state index < -0.39 is 23.8 Å². The van der Waals surface area contributed by atoms with Crippen molar-refractivity contribution in [3.05, 3.63) is 53.2 Å². The molecule has 1 aliphatic heterocycles. The lowest BCUT2D eigenvalue weighted by atomic mass is 10.0. The van der Waals surface area contributed by atoms with Crippen LogP contribution in [-0.4, -0.2) is 54.0 Å². The maximum Gasteiger partial charge on any atom is 0.417 e. The molecular weight excluding hydrogens is 459 g/mol. The minimum atomic E-state index is -4.52. The average Bonchev–Trinajstić information content (AvgIpc) is 2.77. The van der Waals surface area contributed by atoms with Crippen LogP contribution in [0.3, 0.4) is 0 Å². The fourth-order valence-corrected chi connectivity index (χ4v) is 3.78. The Labute approximate surface area is 194 Å². The van der Waals surface area contributed by atoms with Gasteiger partial charge < -0.3 is 20.4 Å². The van der Waals surface area contributed by atoms with Crippen LogP contribution in [-0.2, 0) is 11.0 Å². The van der Waals surface area contributed by atoms with Crippen LogP contribution in [0.1, 0.15) is 19.4 Å². The molecule has 0 unspecified atom stereocenters. The highest BCUT2D eigenvalue weighted by atomic mass is 35.5. The quantitative estimate of drug-likeness (QED) is 0.666. The lowest BCUT2D eigenvalue weighted by Gasteiger charge is -2.38. The minimum absolute atomic E-state index is 0.0936. The van der Waals surface area contributed by atoms with Gasteiger partial charge in [0.1, 0.15) is 11.9 Å². The van der Waals surface area contributed by atoms with Gasteiger partial charge in [0.05, 0.1) is 10.6 Å². The lowest BCUT2D eigenvalue weighted by molar-refractivity contribution is -0.138. The summed E-state index contributed by atoms with van der Waals surface area (Å²) in [5.41, 5.74) is -0.302. The van der Waals surface area contributed by atoms with Crippen LogP contribution in [0.4, 0.5) is 29.5 Å². The molecule has 2 aromatic rings. The molecule has 1 aromatic heterocycles. The maximum absolute atomic E-state index is 13.1. The lowest BCUT2D eigenvalue weighted by Crippen LogP contribution is -2.57. The van der Waals surface area contributed by atoms with E-state index in [4.69, 9.17) is 11.6 Å². The number of nitrogens with zero attached hydrogens (tertiary/aromatic N) is 3. The zero-order valence-corrected chi connectivity index (χ0v) is 19.0. The van der Waals surface area contributed by atoms with E-state index in [9.17, 15) is 22.8 Å². The predicted octanol–water partition coefficient (Wildman–Crippen LogP) is 4.25. The number of pyridine rings is 1. The SMILES string of the molecule is CC(C)[C@@H](NC(=O)Nc1ccccc1)C(=O)N1CCN(c2ncc(C(F)(F)F)cc2Cl)CC1. The molecule has 7 nitrogen and oxygen atoms in total. The van der Waals surface area contributed by atoms with E-state index in [0.717, 1.165) is 12.3 Å².